The van der Waals surface area contributed by atoms with Crippen molar-refractivity contribution in [1.29, 1.82) is 0 Å². The number of rotatable bonds is 4. The van der Waals surface area contributed by atoms with Crippen molar-refractivity contribution in [3.05, 3.63) is 23.8 Å². The Morgan fingerprint density at radius 1 is 1.54 bits per heavy atom. The maximum atomic E-state index is 10.9. The lowest BCUT2D eigenvalue weighted by Crippen LogP contribution is -2.17. The van der Waals surface area contributed by atoms with E-state index in [2.05, 4.69) is 9.97 Å². The number of nitrogens with two attached hydrogens (primary N) is 1. The summed E-state index contributed by atoms with van der Waals surface area (Å²) in [6, 6.07) is 0. The highest BCUT2D eigenvalue weighted by atomic mass is 16.5. The Morgan fingerprint density at radius 3 is 2.85 bits per heavy atom. The van der Waals surface area contributed by atoms with Crippen LogP contribution in [-0.2, 0) is 11.2 Å². The predicted molar refractivity (Wildman–Crippen MR) is 46.1 cm³/mol. The van der Waals surface area contributed by atoms with E-state index in [-0.39, 0.29) is 5.69 Å². The molecule has 1 heterocycles. The zero-order valence-electron chi connectivity index (χ0n) is 7.36. The summed E-state index contributed by atoms with van der Waals surface area (Å²) in [7, 11) is 1.58. The third-order valence-corrected chi connectivity index (χ3v) is 1.55. The summed E-state index contributed by atoms with van der Waals surface area (Å²) in [6.45, 7) is 0.499. The molecule has 0 aromatic carbocycles. The molecule has 1 amide bonds. The SMILES string of the molecule is COCCc1nccnc1C(N)=O. The van der Waals surface area contributed by atoms with E-state index in [4.69, 9.17) is 10.5 Å². The van der Waals surface area contributed by atoms with Gasteiger partial charge in [0.1, 0.15) is 5.69 Å². The van der Waals surface area contributed by atoms with E-state index < -0.39 is 5.91 Å². The molecule has 1 aromatic rings. The van der Waals surface area contributed by atoms with Crippen LogP contribution < -0.4 is 5.73 Å². The Kier molecular flexibility index (Phi) is 3.33. The van der Waals surface area contributed by atoms with Gasteiger partial charge in [0.05, 0.1) is 12.3 Å². The molecule has 0 radical (unpaired) electrons. The molecule has 0 aliphatic rings. The molecular formula is C8H11N3O2. The molecule has 5 heteroatoms. The van der Waals surface area contributed by atoms with Gasteiger partial charge in [0.25, 0.3) is 5.91 Å². The van der Waals surface area contributed by atoms with E-state index in [9.17, 15) is 4.79 Å². The second-order valence-corrected chi connectivity index (χ2v) is 2.46. The van der Waals surface area contributed by atoms with Crippen molar-refractivity contribution in [3.8, 4) is 0 Å². The van der Waals surface area contributed by atoms with Crippen LogP contribution in [0.4, 0.5) is 0 Å². The molecule has 70 valence electrons. The van der Waals surface area contributed by atoms with Crippen molar-refractivity contribution in [1.82, 2.24) is 9.97 Å². The van der Waals surface area contributed by atoms with E-state index >= 15 is 0 Å². The first-order chi connectivity index (χ1) is 6.25. The van der Waals surface area contributed by atoms with E-state index in [0.29, 0.717) is 18.7 Å². The molecule has 0 saturated carbocycles. The van der Waals surface area contributed by atoms with Crippen molar-refractivity contribution >= 4 is 5.91 Å². The highest BCUT2D eigenvalue weighted by Gasteiger charge is 2.09. The molecule has 0 atom stereocenters. The molecule has 0 saturated heterocycles. The minimum atomic E-state index is -0.556. The summed E-state index contributed by atoms with van der Waals surface area (Å²) in [5.41, 5.74) is 5.91. The summed E-state index contributed by atoms with van der Waals surface area (Å²) in [4.78, 5) is 18.7. The van der Waals surface area contributed by atoms with Gasteiger partial charge in [-0.1, -0.05) is 0 Å². The smallest absolute Gasteiger partial charge is 0.269 e. The number of amides is 1. The molecule has 0 fully saturated rings. The Labute approximate surface area is 75.9 Å². The summed E-state index contributed by atoms with van der Waals surface area (Å²) in [5.74, 6) is -0.556. The fraction of sp³-hybridized carbons (Fsp3) is 0.375. The van der Waals surface area contributed by atoms with Gasteiger partial charge in [-0.2, -0.15) is 0 Å². The highest BCUT2D eigenvalue weighted by Crippen LogP contribution is 2.01. The molecule has 0 spiro atoms. The van der Waals surface area contributed by atoms with Crippen molar-refractivity contribution in [2.75, 3.05) is 13.7 Å². The Bertz CT molecular complexity index is 301. The average Bonchev–Trinajstić information content (AvgIpc) is 2.15. The summed E-state index contributed by atoms with van der Waals surface area (Å²) in [5, 5.41) is 0. The average molecular weight is 181 g/mol. The third kappa shape index (κ3) is 2.48. The predicted octanol–water partition coefficient (Wildman–Crippen LogP) is -0.236. The summed E-state index contributed by atoms with van der Waals surface area (Å²) >= 11 is 0. The van der Waals surface area contributed by atoms with Crippen molar-refractivity contribution in [2.24, 2.45) is 5.73 Å². The zero-order chi connectivity index (χ0) is 9.68. The van der Waals surface area contributed by atoms with Crippen LogP contribution in [0.2, 0.25) is 0 Å². The number of hydrogen-bond donors (Lipinski definition) is 1. The lowest BCUT2D eigenvalue weighted by Gasteiger charge is -2.02. The monoisotopic (exact) mass is 181 g/mol. The Balaban J connectivity index is 2.84. The molecule has 5 nitrogen and oxygen atoms in total. The lowest BCUT2D eigenvalue weighted by molar-refractivity contribution is 0.0993. The summed E-state index contributed by atoms with van der Waals surface area (Å²) < 4.78 is 4.86. The fourth-order valence-corrected chi connectivity index (χ4v) is 0.954. The number of methoxy groups -OCH3 is 1. The van der Waals surface area contributed by atoms with E-state index in [1.807, 2.05) is 0 Å². The number of hydrogen-bond acceptors (Lipinski definition) is 4. The van der Waals surface area contributed by atoms with E-state index in [1.165, 1.54) is 12.4 Å². The second-order valence-electron chi connectivity index (χ2n) is 2.46. The molecule has 1 rings (SSSR count). The van der Waals surface area contributed by atoms with Crippen LogP contribution in [-0.4, -0.2) is 29.6 Å². The molecular weight excluding hydrogens is 170 g/mol. The third-order valence-electron chi connectivity index (χ3n) is 1.55. The molecule has 2 N–H and O–H groups in total. The molecule has 0 aliphatic heterocycles. The first-order valence-electron chi connectivity index (χ1n) is 3.84. The van der Waals surface area contributed by atoms with Gasteiger partial charge in [-0.05, 0) is 0 Å². The van der Waals surface area contributed by atoms with Crippen LogP contribution in [0.15, 0.2) is 12.4 Å². The highest BCUT2D eigenvalue weighted by molar-refractivity contribution is 5.91. The van der Waals surface area contributed by atoms with E-state index in [1.54, 1.807) is 7.11 Å². The number of aromatic nitrogens is 2. The normalized spacial score (nSPS) is 9.92. The lowest BCUT2D eigenvalue weighted by atomic mass is 10.2. The number of primary amides is 1. The fourth-order valence-electron chi connectivity index (χ4n) is 0.954. The van der Waals surface area contributed by atoms with Crippen molar-refractivity contribution in [2.45, 2.75) is 6.42 Å². The molecule has 0 bridgehead atoms. The number of carbonyl (C=O) groups excluding carboxylic acids is 1. The van der Waals surface area contributed by atoms with Gasteiger partial charge in [-0.3, -0.25) is 9.78 Å². The summed E-state index contributed by atoms with van der Waals surface area (Å²) in [6.07, 6.45) is 3.51. The second kappa shape index (κ2) is 4.51. The Hall–Kier alpha value is -1.49. The van der Waals surface area contributed by atoms with Crippen molar-refractivity contribution < 1.29 is 9.53 Å². The quantitative estimate of drug-likeness (QED) is 0.695. The van der Waals surface area contributed by atoms with E-state index in [0.717, 1.165) is 0 Å². The topological polar surface area (TPSA) is 78.1 Å². The van der Waals surface area contributed by atoms with Gasteiger partial charge in [-0.25, -0.2) is 4.98 Å². The first kappa shape index (κ1) is 9.60. The van der Waals surface area contributed by atoms with Crippen LogP contribution in [0.25, 0.3) is 0 Å². The van der Waals surface area contributed by atoms with Gasteiger partial charge in [0.2, 0.25) is 0 Å². The van der Waals surface area contributed by atoms with Gasteiger partial charge < -0.3 is 10.5 Å². The van der Waals surface area contributed by atoms with Crippen LogP contribution in [0.5, 0.6) is 0 Å². The first-order valence-corrected chi connectivity index (χ1v) is 3.84. The van der Waals surface area contributed by atoms with Crippen LogP contribution >= 0.6 is 0 Å². The number of carbonyl (C=O) groups is 1. The zero-order valence-corrected chi connectivity index (χ0v) is 7.36. The number of nitrogens with zero attached hydrogens (tertiary/aromatic N) is 2. The standard InChI is InChI=1S/C8H11N3O2/c1-13-5-2-6-7(8(9)12)11-4-3-10-6/h3-4H,2,5H2,1H3,(H2,9,12). The molecule has 0 aliphatic carbocycles. The Morgan fingerprint density at radius 2 is 2.23 bits per heavy atom. The van der Waals surface area contributed by atoms with Crippen LogP contribution in [0.3, 0.4) is 0 Å². The minimum absolute atomic E-state index is 0.222. The molecule has 13 heavy (non-hydrogen) atoms. The number of ether oxygens (including phenoxy) is 1. The molecule has 0 unspecified atom stereocenters. The molecule has 1 aromatic heterocycles. The van der Waals surface area contributed by atoms with Crippen LogP contribution in [0, 0.1) is 0 Å². The van der Waals surface area contributed by atoms with Crippen LogP contribution in [0.1, 0.15) is 16.2 Å². The van der Waals surface area contributed by atoms with Gasteiger partial charge in [0.15, 0.2) is 0 Å². The van der Waals surface area contributed by atoms with Gasteiger partial charge >= 0.3 is 0 Å². The maximum absolute atomic E-state index is 10.9. The van der Waals surface area contributed by atoms with Gasteiger partial charge in [0, 0.05) is 25.9 Å². The van der Waals surface area contributed by atoms with Gasteiger partial charge in [-0.15, -0.1) is 0 Å². The van der Waals surface area contributed by atoms with Crippen molar-refractivity contribution in [3.63, 3.8) is 0 Å². The maximum Gasteiger partial charge on any atom is 0.269 e. The largest absolute Gasteiger partial charge is 0.384 e. The minimum Gasteiger partial charge on any atom is -0.384 e.